The molecule has 6 nitrogen and oxygen atoms in total. The molecular weight excluding hydrogens is 326 g/mol. The molecule has 1 aromatic heterocycles. The van der Waals surface area contributed by atoms with E-state index in [9.17, 15) is 5.21 Å². The van der Waals surface area contributed by atoms with E-state index in [-0.39, 0.29) is 6.54 Å². The van der Waals surface area contributed by atoms with E-state index in [0.29, 0.717) is 0 Å². The fraction of sp³-hybridized carbons (Fsp3) is 0.0500. The summed E-state index contributed by atoms with van der Waals surface area (Å²) < 4.78 is 0.868. The Bertz CT molecular complexity index is 981. The summed E-state index contributed by atoms with van der Waals surface area (Å²) in [6.45, 7) is 0.204. The van der Waals surface area contributed by atoms with Crippen LogP contribution in [0.1, 0.15) is 11.1 Å². The van der Waals surface area contributed by atoms with E-state index in [1.807, 2.05) is 36.4 Å². The third-order valence-electron chi connectivity index (χ3n) is 3.58. The second-order valence-corrected chi connectivity index (χ2v) is 5.33. The Kier molecular flexibility index (Phi) is 5.93. The molecule has 0 fully saturated rings. The molecule has 1 aromatic carbocycles. The fourth-order valence-corrected chi connectivity index (χ4v) is 2.43. The number of hydroxylamine groups is 1. The highest BCUT2D eigenvalue weighted by molar-refractivity contribution is 6.16. The van der Waals surface area contributed by atoms with Gasteiger partial charge in [-0.05, 0) is 12.1 Å². The van der Waals surface area contributed by atoms with Gasteiger partial charge in [0.2, 0.25) is 0 Å². The number of rotatable bonds is 0. The molecule has 0 atom stereocenters. The second-order valence-electron chi connectivity index (χ2n) is 5.33. The normalized spacial score (nSPS) is 15.0. The van der Waals surface area contributed by atoms with E-state index >= 15 is 0 Å². The fourth-order valence-electron chi connectivity index (χ4n) is 2.43. The first-order valence-electron chi connectivity index (χ1n) is 8.05. The van der Waals surface area contributed by atoms with Crippen molar-refractivity contribution in [3.05, 3.63) is 77.5 Å². The van der Waals surface area contributed by atoms with E-state index in [4.69, 9.17) is 0 Å². The summed E-state index contributed by atoms with van der Waals surface area (Å²) in [6.07, 6.45) is 17.9. The zero-order valence-corrected chi connectivity index (χ0v) is 14.0. The number of aliphatic imine (C=N–C) groups is 3. The van der Waals surface area contributed by atoms with E-state index in [1.165, 1.54) is 24.8 Å². The smallest absolute Gasteiger partial charge is 0.180 e. The van der Waals surface area contributed by atoms with Crippen LogP contribution < -0.4 is 0 Å². The predicted octanol–water partition coefficient (Wildman–Crippen LogP) is 3.54. The molecular formula is C20H17N5O. The largest absolute Gasteiger partial charge is 0.624 e. The van der Waals surface area contributed by atoms with Crippen LogP contribution in [0, 0.1) is 5.21 Å². The minimum atomic E-state index is 0.204. The van der Waals surface area contributed by atoms with E-state index in [0.717, 1.165) is 26.8 Å². The summed E-state index contributed by atoms with van der Waals surface area (Å²) in [4.78, 5) is 16.6. The van der Waals surface area contributed by atoms with Crippen LogP contribution in [0.15, 0.2) is 76.2 Å². The lowest BCUT2D eigenvalue weighted by Gasteiger charge is -2.10. The van der Waals surface area contributed by atoms with Gasteiger partial charge in [-0.15, -0.1) is 0 Å². The Hall–Kier alpha value is -3.67. The van der Waals surface area contributed by atoms with Gasteiger partial charge in [-0.25, -0.2) is 4.74 Å². The van der Waals surface area contributed by atoms with Crippen LogP contribution in [0.25, 0.3) is 17.0 Å². The molecule has 0 saturated carbocycles. The van der Waals surface area contributed by atoms with Crippen LogP contribution in [-0.4, -0.2) is 34.6 Å². The van der Waals surface area contributed by atoms with Gasteiger partial charge in [-0.3, -0.25) is 20.0 Å². The number of nitrogens with zero attached hydrogens (tertiary/aromatic N) is 5. The minimum Gasteiger partial charge on any atom is -0.624 e. The molecule has 0 saturated heterocycles. The molecule has 128 valence electrons. The van der Waals surface area contributed by atoms with Crippen LogP contribution in [0.3, 0.4) is 0 Å². The molecule has 0 bridgehead atoms. The summed E-state index contributed by atoms with van der Waals surface area (Å²) >= 11 is 0. The van der Waals surface area contributed by atoms with Gasteiger partial charge in [-0.2, -0.15) is 0 Å². The molecule has 0 spiro atoms. The van der Waals surface area contributed by atoms with Crippen molar-refractivity contribution in [2.75, 3.05) is 0 Å². The third kappa shape index (κ3) is 4.67. The van der Waals surface area contributed by atoms with Gasteiger partial charge in [-0.1, -0.05) is 24.3 Å². The van der Waals surface area contributed by atoms with Crippen LogP contribution in [0.5, 0.6) is 0 Å². The highest BCUT2D eigenvalue weighted by atomic mass is 16.5. The minimum absolute atomic E-state index is 0.204. The molecule has 6 heteroatoms. The van der Waals surface area contributed by atoms with Crippen LogP contribution in [0.2, 0.25) is 0 Å². The summed E-state index contributed by atoms with van der Waals surface area (Å²) in [5, 5.41) is 13.2. The van der Waals surface area contributed by atoms with E-state index in [1.54, 1.807) is 30.9 Å². The Balaban J connectivity index is 2.05. The summed E-state index contributed by atoms with van der Waals surface area (Å²) in [5.41, 5.74) is 2.64. The maximum Gasteiger partial charge on any atom is 0.180 e. The highest BCUT2D eigenvalue weighted by Gasteiger charge is 2.10. The summed E-state index contributed by atoms with van der Waals surface area (Å²) in [7, 11) is 0. The van der Waals surface area contributed by atoms with E-state index in [2.05, 4.69) is 20.0 Å². The number of hydrogen-bond acceptors (Lipinski definition) is 5. The molecule has 26 heavy (non-hydrogen) atoms. The standard InChI is InChI=1S/C20H17N5O/c26-25-14-4-9-22-11-13-23-12-10-21-8-3-5-17-15-24-20-7-2-1-6-18(20)19(17)16-25/h1-15H,16H2. The maximum absolute atomic E-state index is 12.3. The van der Waals surface area contributed by atoms with Gasteiger partial charge in [0.25, 0.3) is 0 Å². The van der Waals surface area contributed by atoms with Crippen LogP contribution in [-0.2, 0) is 6.54 Å². The monoisotopic (exact) mass is 343 g/mol. The first kappa shape index (κ1) is 17.2. The number of fused-ring (bicyclic) bond motifs is 3. The van der Waals surface area contributed by atoms with Gasteiger partial charge in [0.05, 0.1) is 5.52 Å². The van der Waals surface area contributed by atoms with Crippen molar-refractivity contribution in [2.45, 2.75) is 6.54 Å². The number of pyridine rings is 1. The van der Waals surface area contributed by atoms with Crippen molar-refractivity contribution in [3.63, 3.8) is 0 Å². The number of benzene rings is 1. The summed E-state index contributed by atoms with van der Waals surface area (Å²) in [5.74, 6) is 0. The number of hydrogen-bond donors (Lipinski definition) is 0. The summed E-state index contributed by atoms with van der Waals surface area (Å²) in [6, 6.07) is 7.77. The van der Waals surface area contributed by atoms with Gasteiger partial charge in [0, 0.05) is 66.0 Å². The number of para-hydroxylation sites is 1. The van der Waals surface area contributed by atoms with Crippen molar-refractivity contribution in [3.8, 4) is 0 Å². The van der Waals surface area contributed by atoms with Gasteiger partial charge < -0.3 is 5.21 Å². The Labute approximate surface area is 151 Å². The average molecular weight is 343 g/mol. The SMILES string of the molecule is [O-][N+]1=CC=CN=CC=NC=CN=CC=Cc2cnc3ccccc3c2C1. The Morgan fingerprint density at radius 2 is 1.65 bits per heavy atom. The van der Waals surface area contributed by atoms with Crippen molar-refractivity contribution in [1.82, 2.24) is 4.98 Å². The van der Waals surface area contributed by atoms with Crippen LogP contribution in [0.4, 0.5) is 0 Å². The Morgan fingerprint density at radius 1 is 0.885 bits per heavy atom. The van der Waals surface area contributed by atoms with Crippen molar-refractivity contribution >= 4 is 41.8 Å². The lowest BCUT2D eigenvalue weighted by molar-refractivity contribution is -0.469. The van der Waals surface area contributed by atoms with Crippen LogP contribution >= 0.6 is 0 Å². The van der Waals surface area contributed by atoms with E-state index < -0.39 is 0 Å². The number of aromatic nitrogens is 1. The molecule has 0 N–H and O–H groups in total. The third-order valence-corrected chi connectivity index (χ3v) is 3.58. The lowest BCUT2D eigenvalue weighted by Crippen LogP contribution is -2.06. The molecule has 0 radical (unpaired) electrons. The molecule has 0 amide bonds. The van der Waals surface area contributed by atoms with Gasteiger partial charge >= 0.3 is 0 Å². The Morgan fingerprint density at radius 3 is 2.54 bits per heavy atom. The van der Waals surface area contributed by atoms with Crippen molar-refractivity contribution < 1.29 is 4.74 Å². The number of allylic oxidation sites excluding steroid dienone is 2. The maximum atomic E-state index is 12.3. The molecule has 2 aromatic rings. The first-order valence-corrected chi connectivity index (χ1v) is 8.05. The van der Waals surface area contributed by atoms with Crippen molar-refractivity contribution in [1.29, 1.82) is 0 Å². The molecule has 1 aliphatic rings. The molecule has 0 aliphatic carbocycles. The average Bonchev–Trinajstić information content (AvgIpc) is 2.66. The highest BCUT2D eigenvalue weighted by Crippen LogP contribution is 2.22. The molecule has 1 aliphatic heterocycles. The topological polar surface area (TPSA) is 76.0 Å². The first-order chi connectivity index (χ1) is 12.8. The van der Waals surface area contributed by atoms with Gasteiger partial charge in [0.15, 0.2) is 12.8 Å². The molecule has 3 rings (SSSR count). The molecule has 2 heterocycles. The predicted molar refractivity (Wildman–Crippen MR) is 108 cm³/mol. The zero-order chi connectivity index (χ0) is 18.0. The zero-order valence-electron chi connectivity index (χ0n) is 14.0. The lowest BCUT2D eigenvalue weighted by atomic mass is 10.0. The quantitative estimate of drug-likeness (QED) is 0.542. The van der Waals surface area contributed by atoms with Crippen molar-refractivity contribution in [2.24, 2.45) is 15.0 Å². The van der Waals surface area contributed by atoms with Gasteiger partial charge in [0.1, 0.15) is 0 Å². The second kappa shape index (κ2) is 8.98. The molecule has 0 unspecified atom stereocenters.